The van der Waals surface area contributed by atoms with Crippen molar-refractivity contribution in [2.75, 3.05) is 25.0 Å². The number of guanidine groups is 1. The maximum Gasteiger partial charge on any atom is 0.322 e. The van der Waals surface area contributed by atoms with Crippen LogP contribution in [0.1, 0.15) is 36.4 Å². The monoisotopic (exact) mass is 618 g/mol. The summed E-state index contributed by atoms with van der Waals surface area (Å²) >= 11 is 3.42. The standard InChI is InChI=1S/C26H31BrN6O7/c27-22-17-3-1-2-4-18(17)32-23(22)24(38)33-19(25(39)40)12-28-21(37)6-5-20(36)13-7-14(9-15(34)8-13)31-26-29-10-16(35)11-30-26/h1-4,7-9,16,19-20,24,32-36,38H,5-6,10-12H2,(H,28,37)(H,39,40)(H2,29,30,31)/t19-,20?,24?/m0/s1. The maximum atomic E-state index is 12.4. The molecule has 4 atom stereocenters. The molecule has 3 unspecified atom stereocenters. The predicted molar refractivity (Wildman–Crippen MR) is 151 cm³/mol. The van der Waals surface area contributed by atoms with Crippen LogP contribution in [0.3, 0.4) is 0 Å². The molecule has 0 saturated heterocycles. The summed E-state index contributed by atoms with van der Waals surface area (Å²) in [5.41, 5.74) is 1.93. The van der Waals surface area contributed by atoms with Gasteiger partial charge in [-0.15, -0.1) is 0 Å². The van der Waals surface area contributed by atoms with Gasteiger partial charge in [0.15, 0.2) is 5.96 Å². The van der Waals surface area contributed by atoms with E-state index in [4.69, 9.17) is 0 Å². The Kier molecular flexibility index (Phi) is 9.60. The number of aliphatic imine (C=N–C) groups is 1. The molecule has 10 N–H and O–H groups in total. The van der Waals surface area contributed by atoms with Gasteiger partial charge in [0, 0.05) is 42.2 Å². The van der Waals surface area contributed by atoms with Gasteiger partial charge in [0.1, 0.15) is 18.0 Å². The van der Waals surface area contributed by atoms with E-state index in [9.17, 15) is 35.1 Å². The number of rotatable bonds is 11. The summed E-state index contributed by atoms with van der Waals surface area (Å²) in [7, 11) is 0. The van der Waals surface area contributed by atoms with Crippen molar-refractivity contribution in [3.05, 3.63) is 58.2 Å². The van der Waals surface area contributed by atoms with Crippen LogP contribution in [-0.4, -0.2) is 80.1 Å². The molecule has 0 radical (unpaired) electrons. The van der Waals surface area contributed by atoms with E-state index in [0.29, 0.717) is 33.9 Å². The van der Waals surface area contributed by atoms with Crippen LogP contribution < -0.4 is 21.3 Å². The number of carboxylic acids is 1. The first-order valence-electron chi connectivity index (χ1n) is 12.6. The number of aliphatic hydroxyl groups excluding tert-OH is 3. The molecule has 40 heavy (non-hydrogen) atoms. The van der Waals surface area contributed by atoms with E-state index < -0.39 is 36.4 Å². The average molecular weight is 619 g/mol. The second-order valence-corrected chi connectivity index (χ2v) is 10.2. The van der Waals surface area contributed by atoms with Crippen molar-refractivity contribution in [1.29, 1.82) is 0 Å². The average Bonchev–Trinajstić information content (AvgIpc) is 3.27. The fraction of sp³-hybridized carbons (Fsp3) is 0.346. The number of hydrogen-bond acceptors (Lipinski definition) is 10. The lowest BCUT2D eigenvalue weighted by atomic mass is 10.0. The van der Waals surface area contributed by atoms with Crippen molar-refractivity contribution in [3.8, 4) is 5.75 Å². The molecule has 1 aliphatic rings. The lowest BCUT2D eigenvalue weighted by Gasteiger charge is -2.21. The van der Waals surface area contributed by atoms with Crippen molar-refractivity contribution in [3.63, 3.8) is 0 Å². The van der Waals surface area contributed by atoms with Crippen molar-refractivity contribution >= 4 is 50.4 Å². The van der Waals surface area contributed by atoms with Gasteiger partial charge in [0.2, 0.25) is 5.91 Å². The van der Waals surface area contributed by atoms with Gasteiger partial charge in [0.05, 0.1) is 28.9 Å². The van der Waals surface area contributed by atoms with Crippen molar-refractivity contribution in [1.82, 2.24) is 20.9 Å². The number of hydrogen-bond donors (Lipinski definition) is 10. The third-order valence-electron chi connectivity index (χ3n) is 6.30. The molecular formula is C26H31BrN6O7. The zero-order valence-corrected chi connectivity index (χ0v) is 22.9. The number of aliphatic carboxylic acids is 1. The Morgan fingerprint density at radius 1 is 1.18 bits per heavy atom. The number of aliphatic hydroxyl groups is 3. The Morgan fingerprint density at radius 2 is 1.95 bits per heavy atom. The number of carbonyl (C=O) groups excluding carboxylic acids is 1. The number of H-pyrrole nitrogens is 1. The van der Waals surface area contributed by atoms with Crippen molar-refractivity contribution in [2.45, 2.75) is 37.3 Å². The van der Waals surface area contributed by atoms with Gasteiger partial charge in [-0.1, -0.05) is 18.2 Å². The molecule has 1 aromatic heterocycles. The molecule has 214 valence electrons. The second-order valence-electron chi connectivity index (χ2n) is 9.38. The molecule has 13 nitrogen and oxygen atoms in total. The Morgan fingerprint density at radius 3 is 2.65 bits per heavy atom. The minimum absolute atomic E-state index is 0.00984. The number of halogens is 1. The summed E-state index contributed by atoms with van der Waals surface area (Å²) in [5, 5.41) is 62.3. The first-order chi connectivity index (χ1) is 19.1. The third kappa shape index (κ3) is 7.49. The summed E-state index contributed by atoms with van der Waals surface area (Å²) in [4.78, 5) is 31.4. The van der Waals surface area contributed by atoms with Gasteiger partial charge in [-0.05, 0) is 46.1 Å². The van der Waals surface area contributed by atoms with Crippen LogP contribution in [-0.2, 0) is 9.59 Å². The number of aromatic amines is 1. The number of phenols is 1. The Hall–Kier alpha value is -3.69. The number of carbonyl (C=O) groups is 2. The fourth-order valence-electron chi connectivity index (χ4n) is 4.20. The van der Waals surface area contributed by atoms with Crippen LogP contribution >= 0.6 is 15.9 Å². The lowest BCUT2D eigenvalue weighted by molar-refractivity contribution is -0.140. The second kappa shape index (κ2) is 13.1. The molecule has 0 spiro atoms. The number of aromatic hydroxyl groups is 1. The molecule has 1 aliphatic heterocycles. The minimum Gasteiger partial charge on any atom is -0.508 e. The Labute approximate surface area is 237 Å². The Balaban J connectivity index is 1.29. The molecule has 14 heteroatoms. The van der Waals surface area contributed by atoms with Crippen LogP contribution in [0.5, 0.6) is 5.75 Å². The summed E-state index contributed by atoms with van der Waals surface area (Å²) in [5.74, 6) is -1.45. The van der Waals surface area contributed by atoms with Gasteiger partial charge in [-0.2, -0.15) is 0 Å². The topological polar surface area (TPSA) is 212 Å². The highest BCUT2D eigenvalue weighted by Gasteiger charge is 2.25. The van der Waals surface area contributed by atoms with E-state index >= 15 is 0 Å². The van der Waals surface area contributed by atoms with E-state index in [-0.39, 0.29) is 31.7 Å². The molecule has 0 bridgehead atoms. The molecule has 1 amide bonds. The quantitative estimate of drug-likeness (QED) is 0.138. The van der Waals surface area contributed by atoms with Gasteiger partial charge >= 0.3 is 5.97 Å². The number of β-amino-alcohol motifs (C(OH)–C–C–N with tert-alkyl or cyclic N) is 1. The zero-order valence-electron chi connectivity index (χ0n) is 21.3. The highest BCUT2D eigenvalue weighted by molar-refractivity contribution is 9.10. The number of carboxylic acid groups (broad SMARTS) is 1. The number of nitrogens with zero attached hydrogens (tertiary/aromatic N) is 1. The molecule has 3 aromatic rings. The Bertz CT molecular complexity index is 1400. The lowest BCUT2D eigenvalue weighted by Crippen LogP contribution is -2.47. The van der Waals surface area contributed by atoms with E-state index in [1.54, 1.807) is 6.07 Å². The largest absolute Gasteiger partial charge is 0.508 e. The van der Waals surface area contributed by atoms with Crippen molar-refractivity contribution < 1.29 is 35.1 Å². The van der Waals surface area contributed by atoms with Crippen LogP contribution in [0.2, 0.25) is 0 Å². The van der Waals surface area contributed by atoms with Crippen LogP contribution in [0.4, 0.5) is 5.69 Å². The molecule has 4 rings (SSSR count). The van der Waals surface area contributed by atoms with E-state index in [1.165, 1.54) is 12.1 Å². The molecule has 0 fully saturated rings. The molecule has 2 heterocycles. The number of amides is 1. The van der Waals surface area contributed by atoms with Gasteiger partial charge in [-0.3, -0.25) is 19.9 Å². The summed E-state index contributed by atoms with van der Waals surface area (Å²) in [6, 6.07) is 10.5. The fourth-order valence-corrected chi connectivity index (χ4v) is 4.86. The number of anilines is 1. The zero-order chi connectivity index (χ0) is 28.8. The summed E-state index contributed by atoms with van der Waals surface area (Å²) in [6.45, 7) is 0.257. The van der Waals surface area contributed by atoms with Crippen LogP contribution in [0, 0.1) is 0 Å². The summed E-state index contributed by atoms with van der Waals surface area (Å²) < 4.78 is 0.595. The molecule has 0 aliphatic carbocycles. The first kappa shape index (κ1) is 29.3. The SMILES string of the molecule is O=C(CCC(O)c1cc(O)cc(NC2=NCC(O)CN2)c1)NC[C@H](NC(O)c1[nH]c2ccccc2c1Br)C(=O)O. The van der Waals surface area contributed by atoms with Crippen molar-refractivity contribution in [2.24, 2.45) is 4.99 Å². The number of aromatic nitrogens is 1. The van der Waals surface area contributed by atoms with Gasteiger partial charge < -0.3 is 46.5 Å². The van der Waals surface area contributed by atoms with E-state index in [0.717, 1.165) is 10.9 Å². The van der Waals surface area contributed by atoms with Gasteiger partial charge in [0.25, 0.3) is 0 Å². The maximum absolute atomic E-state index is 12.4. The predicted octanol–water partition coefficient (Wildman–Crippen LogP) is 1.03. The number of nitrogens with one attached hydrogen (secondary N) is 5. The smallest absolute Gasteiger partial charge is 0.322 e. The van der Waals surface area contributed by atoms with E-state index in [2.05, 4.69) is 47.2 Å². The molecular weight excluding hydrogens is 588 g/mol. The van der Waals surface area contributed by atoms with Crippen LogP contribution in [0.15, 0.2) is 51.9 Å². The third-order valence-corrected chi connectivity index (χ3v) is 7.16. The number of fused-ring (bicyclic) bond motifs is 1. The minimum atomic E-state index is -1.35. The van der Waals surface area contributed by atoms with Crippen LogP contribution in [0.25, 0.3) is 10.9 Å². The highest BCUT2D eigenvalue weighted by Crippen LogP contribution is 2.31. The highest BCUT2D eigenvalue weighted by atomic mass is 79.9. The summed E-state index contributed by atoms with van der Waals surface area (Å²) in [6.07, 6.45) is -3.12. The van der Waals surface area contributed by atoms with Gasteiger partial charge in [-0.25, -0.2) is 0 Å². The molecule has 0 saturated carbocycles. The molecule has 2 aromatic carbocycles. The normalized spacial score (nSPS) is 17.4. The number of phenolic OH excluding ortho intramolecular Hbond substituents is 1. The first-order valence-corrected chi connectivity index (χ1v) is 13.3. The number of benzene rings is 2. The number of para-hydroxylation sites is 1. The van der Waals surface area contributed by atoms with E-state index in [1.807, 2.05) is 24.3 Å².